The molecule has 3 aromatic rings. The zero-order valence-electron chi connectivity index (χ0n) is 12.5. The van der Waals surface area contributed by atoms with Crippen LogP contribution in [-0.2, 0) is 6.54 Å². The molecule has 6 heteroatoms. The van der Waals surface area contributed by atoms with Crippen molar-refractivity contribution >= 4 is 45.8 Å². The average Bonchev–Trinajstić information content (AvgIpc) is 2.92. The van der Waals surface area contributed by atoms with Crippen molar-refractivity contribution in [2.24, 2.45) is 0 Å². The van der Waals surface area contributed by atoms with E-state index in [9.17, 15) is 9.90 Å². The molecule has 4 nitrogen and oxygen atoms in total. The number of rotatable bonds is 1. The lowest BCUT2D eigenvalue weighted by atomic mass is 10.1. The number of phenolic OH excluding ortho intramolecular Hbond substituents is 1. The second kappa shape index (κ2) is 5.65. The van der Waals surface area contributed by atoms with E-state index in [0.29, 0.717) is 39.7 Å². The van der Waals surface area contributed by atoms with Crippen molar-refractivity contribution in [3.05, 3.63) is 68.2 Å². The van der Waals surface area contributed by atoms with Gasteiger partial charge in [-0.3, -0.25) is 9.36 Å². The molecule has 0 aliphatic carbocycles. The molecule has 24 heavy (non-hydrogen) atoms. The lowest BCUT2D eigenvalue weighted by molar-refractivity contribution is 0.475. The van der Waals surface area contributed by atoms with Gasteiger partial charge in [0.15, 0.2) is 0 Å². The van der Waals surface area contributed by atoms with Gasteiger partial charge in [-0.05, 0) is 47.9 Å². The molecule has 0 bridgehead atoms. The molecule has 1 N–H and O–H groups in total. The Kier molecular flexibility index (Phi) is 3.59. The molecule has 1 aliphatic rings. The maximum atomic E-state index is 12.7. The van der Waals surface area contributed by atoms with Gasteiger partial charge in [0, 0.05) is 11.6 Å². The minimum Gasteiger partial charge on any atom is -0.508 e. The number of fused-ring (bicyclic) bond motifs is 2. The molecule has 0 saturated heterocycles. The number of hydrogen-bond donors (Lipinski definition) is 1. The van der Waals surface area contributed by atoms with E-state index < -0.39 is 0 Å². The fraction of sp³-hybridized carbons (Fsp3) is 0.111. The fourth-order valence-corrected chi connectivity index (χ4v) is 3.54. The molecular formula is C18H12Cl2N2O2. The van der Waals surface area contributed by atoms with Gasteiger partial charge in [-0.25, -0.2) is 4.98 Å². The van der Waals surface area contributed by atoms with Crippen LogP contribution in [0.1, 0.15) is 17.8 Å². The summed E-state index contributed by atoms with van der Waals surface area (Å²) in [5, 5.41) is 10.8. The van der Waals surface area contributed by atoms with E-state index in [0.717, 1.165) is 11.1 Å². The van der Waals surface area contributed by atoms with E-state index in [1.807, 2.05) is 12.1 Å². The van der Waals surface area contributed by atoms with E-state index in [2.05, 4.69) is 4.98 Å². The molecule has 0 unspecified atom stereocenters. The van der Waals surface area contributed by atoms with Crippen molar-refractivity contribution in [3.8, 4) is 5.75 Å². The molecular weight excluding hydrogens is 347 g/mol. The summed E-state index contributed by atoms with van der Waals surface area (Å²) in [5.41, 5.74) is 2.11. The van der Waals surface area contributed by atoms with Crippen molar-refractivity contribution < 1.29 is 5.11 Å². The highest BCUT2D eigenvalue weighted by Gasteiger charge is 2.22. The van der Waals surface area contributed by atoms with Crippen LogP contribution in [0.4, 0.5) is 0 Å². The highest BCUT2D eigenvalue weighted by Crippen LogP contribution is 2.31. The van der Waals surface area contributed by atoms with Crippen molar-refractivity contribution in [1.29, 1.82) is 0 Å². The highest BCUT2D eigenvalue weighted by molar-refractivity contribution is 6.38. The first kappa shape index (κ1) is 15.2. The molecule has 0 saturated carbocycles. The standard InChI is InChI=1S/C18H12Cl2N2O2/c19-12-8-14-16(15(20)9-12)21-17-11(4-5-22(17)18(14)24)6-10-2-1-3-13(23)7-10/h1-3,6-9,23H,4-5H2/b11-6+. The summed E-state index contributed by atoms with van der Waals surface area (Å²) >= 11 is 12.2. The highest BCUT2D eigenvalue weighted by atomic mass is 35.5. The first-order valence-corrected chi connectivity index (χ1v) is 8.18. The molecule has 0 fully saturated rings. The average molecular weight is 359 g/mol. The zero-order chi connectivity index (χ0) is 16.8. The van der Waals surface area contributed by atoms with Gasteiger partial charge >= 0.3 is 0 Å². The minimum absolute atomic E-state index is 0.140. The third-order valence-corrected chi connectivity index (χ3v) is 4.59. The lowest BCUT2D eigenvalue weighted by Gasteiger charge is -2.07. The van der Waals surface area contributed by atoms with Gasteiger partial charge in [-0.1, -0.05) is 35.3 Å². The van der Waals surface area contributed by atoms with Crippen LogP contribution in [0.3, 0.4) is 0 Å². The molecule has 0 atom stereocenters. The van der Waals surface area contributed by atoms with Crippen LogP contribution in [0.2, 0.25) is 10.0 Å². The quantitative estimate of drug-likeness (QED) is 0.703. The zero-order valence-corrected chi connectivity index (χ0v) is 14.0. The summed E-state index contributed by atoms with van der Waals surface area (Å²) in [4.78, 5) is 17.3. The summed E-state index contributed by atoms with van der Waals surface area (Å²) in [6, 6.07) is 10.1. The van der Waals surface area contributed by atoms with Crippen molar-refractivity contribution in [2.75, 3.05) is 0 Å². The Labute approximate surface area is 147 Å². The number of benzene rings is 2. The van der Waals surface area contributed by atoms with Crippen LogP contribution in [0, 0.1) is 0 Å². The number of hydrogen-bond acceptors (Lipinski definition) is 3. The molecule has 0 radical (unpaired) electrons. The Morgan fingerprint density at radius 1 is 1.21 bits per heavy atom. The normalized spacial score (nSPS) is 15.2. The summed E-state index contributed by atoms with van der Waals surface area (Å²) < 4.78 is 1.64. The number of halogens is 2. The molecule has 120 valence electrons. The van der Waals surface area contributed by atoms with Crippen molar-refractivity contribution in [3.63, 3.8) is 0 Å². The number of nitrogens with zero attached hydrogens (tertiary/aromatic N) is 2. The Bertz CT molecular complexity index is 1070. The van der Waals surface area contributed by atoms with Crippen molar-refractivity contribution in [2.45, 2.75) is 13.0 Å². The second-order valence-corrected chi connectivity index (χ2v) is 6.53. The third kappa shape index (κ3) is 2.48. The fourth-order valence-electron chi connectivity index (χ4n) is 3.00. The maximum Gasteiger partial charge on any atom is 0.261 e. The molecule has 2 heterocycles. The van der Waals surface area contributed by atoms with Crippen LogP contribution < -0.4 is 5.56 Å². The molecule has 0 amide bonds. The summed E-state index contributed by atoms with van der Waals surface area (Å²) in [5.74, 6) is 0.809. The van der Waals surface area contributed by atoms with E-state index in [1.165, 1.54) is 0 Å². The number of aromatic nitrogens is 2. The minimum atomic E-state index is -0.140. The number of aromatic hydroxyl groups is 1. The van der Waals surface area contributed by atoms with Gasteiger partial charge in [-0.15, -0.1) is 0 Å². The van der Waals surface area contributed by atoms with Gasteiger partial charge in [0.1, 0.15) is 11.6 Å². The van der Waals surface area contributed by atoms with E-state index in [4.69, 9.17) is 23.2 Å². The maximum absolute atomic E-state index is 12.7. The molecule has 1 aromatic heterocycles. The predicted molar refractivity (Wildman–Crippen MR) is 96.6 cm³/mol. The van der Waals surface area contributed by atoms with Crippen LogP contribution in [0.25, 0.3) is 22.6 Å². The Hall–Kier alpha value is -2.30. The molecule has 4 rings (SSSR count). The SMILES string of the molecule is O=c1c2cc(Cl)cc(Cl)c2nc2n1CC/C2=C\c1cccc(O)c1. The third-order valence-electron chi connectivity index (χ3n) is 4.08. The smallest absolute Gasteiger partial charge is 0.261 e. The first-order valence-electron chi connectivity index (χ1n) is 7.42. The van der Waals surface area contributed by atoms with Gasteiger partial charge in [-0.2, -0.15) is 0 Å². The predicted octanol–water partition coefficient (Wildman–Crippen LogP) is 4.35. The number of phenols is 1. The van der Waals surface area contributed by atoms with Crippen LogP contribution in [-0.4, -0.2) is 14.7 Å². The van der Waals surface area contributed by atoms with Crippen LogP contribution >= 0.6 is 23.2 Å². The van der Waals surface area contributed by atoms with Crippen molar-refractivity contribution in [1.82, 2.24) is 9.55 Å². The second-order valence-electron chi connectivity index (χ2n) is 5.69. The number of allylic oxidation sites excluding steroid dienone is 1. The topological polar surface area (TPSA) is 55.1 Å². The monoisotopic (exact) mass is 358 g/mol. The lowest BCUT2D eigenvalue weighted by Crippen LogP contribution is -2.20. The molecule has 2 aromatic carbocycles. The van der Waals surface area contributed by atoms with E-state index in [-0.39, 0.29) is 11.3 Å². The Balaban J connectivity index is 1.94. The van der Waals surface area contributed by atoms with Gasteiger partial charge < -0.3 is 5.11 Å². The van der Waals surface area contributed by atoms with Crippen LogP contribution in [0.5, 0.6) is 5.75 Å². The van der Waals surface area contributed by atoms with Gasteiger partial charge in [0.05, 0.1) is 15.9 Å². The van der Waals surface area contributed by atoms with Gasteiger partial charge in [0.2, 0.25) is 0 Å². The van der Waals surface area contributed by atoms with Crippen LogP contribution in [0.15, 0.2) is 41.2 Å². The van der Waals surface area contributed by atoms with Gasteiger partial charge in [0.25, 0.3) is 5.56 Å². The molecule has 1 aliphatic heterocycles. The first-order chi connectivity index (χ1) is 11.5. The Morgan fingerprint density at radius 3 is 2.83 bits per heavy atom. The Morgan fingerprint density at radius 2 is 2.04 bits per heavy atom. The van der Waals surface area contributed by atoms with E-state index in [1.54, 1.807) is 34.9 Å². The summed E-state index contributed by atoms with van der Waals surface area (Å²) in [6.07, 6.45) is 2.63. The summed E-state index contributed by atoms with van der Waals surface area (Å²) in [6.45, 7) is 0.561. The molecule has 0 spiro atoms. The summed E-state index contributed by atoms with van der Waals surface area (Å²) in [7, 11) is 0. The largest absolute Gasteiger partial charge is 0.508 e. The van der Waals surface area contributed by atoms with E-state index >= 15 is 0 Å².